The van der Waals surface area contributed by atoms with Crippen molar-refractivity contribution in [3.05, 3.63) is 28.2 Å². The Morgan fingerprint density at radius 2 is 1.95 bits per heavy atom. The van der Waals surface area contributed by atoms with Gasteiger partial charge in [0, 0.05) is 18.2 Å². The van der Waals surface area contributed by atoms with E-state index in [-0.39, 0.29) is 0 Å². The predicted octanol–water partition coefficient (Wildman–Crippen LogP) is 4.56. The zero-order valence-electron chi connectivity index (χ0n) is 11.9. The van der Waals surface area contributed by atoms with E-state index in [0.29, 0.717) is 11.8 Å². The van der Waals surface area contributed by atoms with E-state index in [2.05, 4.69) is 34.8 Å². The summed E-state index contributed by atoms with van der Waals surface area (Å²) >= 11 is 3.38. The summed E-state index contributed by atoms with van der Waals surface area (Å²) in [6.45, 7) is 3.13. The lowest BCUT2D eigenvalue weighted by Gasteiger charge is -2.34. The molecule has 0 unspecified atom stereocenters. The van der Waals surface area contributed by atoms with Crippen molar-refractivity contribution >= 4 is 15.9 Å². The highest BCUT2D eigenvalue weighted by Crippen LogP contribution is 2.32. The highest BCUT2D eigenvalue weighted by Gasteiger charge is 2.23. The fraction of sp³-hybridized carbons (Fsp3) is 0.625. The van der Waals surface area contributed by atoms with Crippen molar-refractivity contribution in [3.8, 4) is 5.75 Å². The van der Waals surface area contributed by atoms with Gasteiger partial charge in [-0.2, -0.15) is 0 Å². The Morgan fingerprint density at radius 3 is 2.58 bits per heavy atom. The van der Waals surface area contributed by atoms with Gasteiger partial charge in [-0.25, -0.2) is 0 Å². The average molecular weight is 326 g/mol. The zero-order chi connectivity index (χ0) is 13.8. The highest BCUT2D eigenvalue weighted by molar-refractivity contribution is 9.10. The smallest absolute Gasteiger partial charge is 0.134 e. The van der Waals surface area contributed by atoms with Gasteiger partial charge in [-0.15, -0.1) is 0 Å². The maximum Gasteiger partial charge on any atom is 0.134 e. The summed E-state index contributed by atoms with van der Waals surface area (Å²) in [5, 5.41) is 10.1. The second kappa shape index (κ2) is 6.76. The molecule has 2 nitrogen and oxygen atoms in total. The van der Waals surface area contributed by atoms with E-state index in [1.807, 2.05) is 18.2 Å². The molecule has 0 aromatic heterocycles. The van der Waals surface area contributed by atoms with E-state index in [0.717, 1.165) is 22.5 Å². The fourth-order valence-electron chi connectivity index (χ4n) is 3.08. The molecule has 1 aromatic rings. The van der Waals surface area contributed by atoms with Crippen LogP contribution in [0.1, 0.15) is 44.6 Å². The summed E-state index contributed by atoms with van der Waals surface area (Å²) < 4.78 is 0.785. The van der Waals surface area contributed by atoms with Gasteiger partial charge in [0.05, 0.1) is 4.47 Å². The van der Waals surface area contributed by atoms with Crippen LogP contribution in [-0.4, -0.2) is 23.1 Å². The number of benzene rings is 1. The van der Waals surface area contributed by atoms with Gasteiger partial charge in [-0.1, -0.05) is 25.5 Å². The van der Waals surface area contributed by atoms with Crippen molar-refractivity contribution in [2.75, 3.05) is 7.05 Å². The number of para-hydroxylation sites is 1. The molecule has 0 spiro atoms. The molecule has 1 fully saturated rings. The first-order valence-electron chi connectivity index (χ1n) is 7.28. The fourth-order valence-corrected chi connectivity index (χ4v) is 3.49. The molecule has 1 aliphatic rings. The summed E-state index contributed by atoms with van der Waals surface area (Å²) in [7, 11) is 2.18. The first-order valence-corrected chi connectivity index (χ1v) is 8.07. The number of hydrogen-bond donors (Lipinski definition) is 1. The van der Waals surface area contributed by atoms with E-state index in [1.54, 1.807) is 0 Å². The molecule has 3 heteroatoms. The van der Waals surface area contributed by atoms with Crippen LogP contribution in [0.25, 0.3) is 0 Å². The lowest BCUT2D eigenvalue weighted by molar-refractivity contribution is 0.156. The Hall–Kier alpha value is -0.540. The van der Waals surface area contributed by atoms with E-state index >= 15 is 0 Å². The molecule has 0 aliphatic heterocycles. The van der Waals surface area contributed by atoms with Crippen LogP contribution >= 0.6 is 15.9 Å². The number of aromatic hydroxyl groups is 1. The molecule has 0 bridgehead atoms. The molecular weight excluding hydrogens is 302 g/mol. The maximum atomic E-state index is 10.1. The lowest BCUT2D eigenvalue weighted by atomic mass is 9.84. The third-order valence-electron chi connectivity index (χ3n) is 4.51. The molecule has 1 aromatic carbocycles. The van der Waals surface area contributed by atoms with Crippen LogP contribution < -0.4 is 0 Å². The lowest BCUT2D eigenvalue weighted by Crippen LogP contribution is -2.34. The molecule has 0 atom stereocenters. The Labute approximate surface area is 124 Å². The third-order valence-corrected chi connectivity index (χ3v) is 5.15. The summed E-state index contributed by atoms with van der Waals surface area (Å²) in [5.41, 5.74) is 1.01. The molecule has 106 valence electrons. The summed E-state index contributed by atoms with van der Waals surface area (Å²) in [5.74, 6) is 1.32. The summed E-state index contributed by atoms with van der Waals surface area (Å²) in [6, 6.07) is 6.54. The molecule has 1 aliphatic carbocycles. The van der Waals surface area contributed by atoms with Crippen molar-refractivity contribution in [2.24, 2.45) is 5.92 Å². The topological polar surface area (TPSA) is 23.5 Å². The van der Waals surface area contributed by atoms with Crippen molar-refractivity contribution in [1.82, 2.24) is 4.90 Å². The number of rotatable bonds is 4. The standard InChI is InChI=1S/C16H24BrNO/c1-3-12-7-9-14(10-8-12)18(2)11-13-5-4-6-15(17)16(13)19/h4-6,12,14,19H,3,7-11H2,1-2H3. The SMILES string of the molecule is CCC1CCC(N(C)Cc2cccc(Br)c2O)CC1. The quantitative estimate of drug-likeness (QED) is 0.877. The van der Waals surface area contributed by atoms with Crippen molar-refractivity contribution in [2.45, 2.75) is 51.6 Å². The number of phenolic OH excluding ortho intramolecular Hbond substituents is 1. The van der Waals surface area contributed by atoms with Crippen LogP contribution in [0.5, 0.6) is 5.75 Å². The van der Waals surface area contributed by atoms with Crippen LogP contribution in [0, 0.1) is 5.92 Å². The summed E-state index contributed by atoms with van der Waals surface area (Å²) in [4.78, 5) is 2.40. The first kappa shape index (κ1) is 14.9. The summed E-state index contributed by atoms with van der Waals surface area (Å²) in [6.07, 6.45) is 6.63. The van der Waals surface area contributed by atoms with Gasteiger partial charge in [0.15, 0.2) is 0 Å². The molecule has 1 N–H and O–H groups in total. The predicted molar refractivity (Wildman–Crippen MR) is 83.3 cm³/mol. The Bertz CT molecular complexity index is 413. The first-order chi connectivity index (χ1) is 9.11. The Kier molecular flexibility index (Phi) is 5.28. The van der Waals surface area contributed by atoms with Crippen LogP contribution in [-0.2, 0) is 6.54 Å². The second-order valence-electron chi connectivity index (χ2n) is 5.75. The minimum absolute atomic E-state index is 0.386. The molecule has 0 saturated heterocycles. The number of nitrogens with zero attached hydrogens (tertiary/aromatic N) is 1. The van der Waals surface area contributed by atoms with Crippen molar-refractivity contribution in [1.29, 1.82) is 0 Å². The minimum Gasteiger partial charge on any atom is -0.506 e. The minimum atomic E-state index is 0.386. The Balaban J connectivity index is 1.94. The normalized spacial score (nSPS) is 23.8. The monoisotopic (exact) mass is 325 g/mol. The zero-order valence-corrected chi connectivity index (χ0v) is 13.5. The van der Waals surface area contributed by atoms with Gasteiger partial charge >= 0.3 is 0 Å². The highest BCUT2D eigenvalue weighted by atomic mass is 79.9. The maximum absolute atomic E-state index is 10.1. The van der Waals surface area contributed by atoms with Gasteiger partial charge in [0.25, 0.3) is 0 Å². The number of halogens is 1. The van der Waals surface area contributed by atoms with E-state index in [9.17, 15) is 5.11 Å². The molecule has 0 heterocycles. The molecule has 19 heavy (non-hydrogen) atoms. The molecule has 2 rings (SSSR count). The van der Waals surface area contributed by atoms with Crippen LogP contribution in [0.4, 0.5) is 0 Å². The molecule has 0 amide bonds. The van der Waals surface area contributed by atoms with Gasteiger partial charge in [0.2, 0.25) is 0 Å². The molecular formula is C16H24BrNO. The van der Waals surface area contributed by atoms with E-state index < -0.39 is 0 Å². The van der Waals surface area contributed by atoms with Gasteiger partial charge in [-0.3, -0.25) is 4.90 Å². The molecule has 1 saturated carbocycles. The van der Waals surface area contributed by atoms with E-state index in [1.165, 1.54) is 32.1 Å². The van der Waals surface area contributed by atoms with Crippen molar-refractivity contribution < 1.29 is 5.11 Å². The second-order valence-corrected chi connectivity index (χ2v) is 6.60. The molecule has 0 radical (unpaired) electrons. The third kappa shape index (κ3) is 3.73. The van der Waals surface area contributed by atoms with E-state index in [4.69, 9.17) is 0 Å². The largest absolute Gasteiger partial charge is 0.506 e. The average Bonchev–Trinajstić information content (AvgIpc) is 2.44. The van der Waals surface area contributed by atoms with Gasteiger partial charge < -0.3 is 5.11 Å². The van der Waals surface area contributed by atoms with Crippen LogP contribution in [0.15, 0.2) is 22.7 Å². The number of hydrogen-bond acceptors (Lipinski definition) is 2. The van der Waals surface area contributed by atoms with Gasteiger partial charge in [-0.05, 0) is 60.6 Å². The Morgan fingerprint density at radius 1 is 1.26 bits per heavy atom. The van der Waals surface area contributed by atoms with Gasteiger partial charge in [0.1, 0.15) is 5.75 Å². The van der Waals surface area contributed by atoms with Crippen LogP contribution in [0.2, 0.25) is 0 Å². The van der Waals surface area contributed by atoms with Crippen LogP contribution in [0.3, 0.4) is 0 Å². The number of phenols is 1. The van der Waals surface area contributed by atoms with Crippen molar-refractivity contribution in [3.63, 3.8) is 0 Å².